The summed E-state index contributed by atoms with van der Waals surface area (Å²) in [4.78, 5) is 3.95. The SMILES string of the molecule is COc1cc(S(=O)(=O)NCOc2ccccc2/C=C/c2ccncc2)cc(OC)c1OC. The Morgan fingerprint density at radius 3 is 2.16 bits per heavy atom. The van der Waals surface area contributed by atoms with E-state index in [4.69, 9.17) is 18.9 Å². The fourth-order valence-corrected chi connectivity index (χ4v) is 3.80. The van der Waals surface area contributed by atoms with Crippen LogP contribution in [0, 0.1) is 0 Å². The molecule has 9 heteroatoms. The fourth-order valence-electron chi connectivity index (χ4n) is 2.89. The zero-order valence-corrected chi connectivity index (χ0v) is 18.8. The van der Waals surface area contributed by atoms with Gasteiger partial charge in [-0.1, -0.05) is 30.4 Å². The normalized spacial score (nSPS) is 11.3. The lowest BCUT2D eigenvalue weighted by molar-refractivity contribution is 0.309. The molecule has 0 radical (unpaired) electrons. The highest BCUT2D eigenvalue weighted by molar-refractivity contribution is 7.89. The van der Waals surface area contributed by atoms with Gasteiger partial charge in [0.1, 0.15) is 5.75 Å². The van der Waals surface area contributed by atoms with Crippen molar-refractivity contribution in [3.63, 3.8) is 0 Å². The highest BCUT2D eigenvalue weighted by Crippen LogP contribution is 2.39. The Morgan fingerprint density at radius 2 is 1.53 bits per heavy atom. The van der Waals surface area contributed by atoms with E-state index in [1.807, 2.05) is 42.5 Å². The van der Waals surface area contributed by atoms with Crippen LogP contribution in [0.4, 0.5) is 0 Å². The number of hydrogen-bond donors (Lipinski definition) is 1. The van der Waals surface area contributed by atoms with Gasteiger partial charge in [-0.15, -0.1) is 0 Å². The molecule has 0 spiro atoms. The van der Waals surface area contributed by atoms with Crippen LogP contribution in [0.15, 0.2) is 65.8 Å². The Kier molecular flexibility index (Phi) is 7.69. The van der Waals surface area contributed by atoms with E-state index in [1.54, 1.807) is 18.5 Å². The summed E-state index contributed by atoms with van der Waals surface area (Å²) in [5.41, 5.74) is 1.79. The lowest BCUT2D eigenvalue weighted by Crippen LogP contribution is -2.28. The van der Waals surface area contributed by atoms with Crippen LogP contribution >= 0.6 is 0 Å². The van der Waals surface area contributed by atoms with Crippen LogP contribution in [-0.4, -0.2) is 41.5 Å². The number of nitrogens with one attached hydrogen (secondary N) is 1. The Labute approximate surface area is 187 Å². The molecule has 2 aromatic carbocycles. The molecule has 0 saturated heterocycles. The first kappa shape index (κ1) is 23.1. The number of rotatable bonds is 10. The molecule has 0 atom stereocenters. The molecule has 0 fully saturated rings. The van der Waals surface area contributed by atoms with Crippen molar-refractivity contribution in [3.8, 4) is 23.0 Å². The Bertz CT molecular complexity index is 1160. The van der Waals surface area contributed by atoms with Gasteiger partial charge in [0.15, 0.2) is 18.2 Å². The summed E-state index contributed by atoms with van der Waals surface area (Å²) in [6.45, 7) is -0.265. The quantitative estimate of drug-likeness (QED) is 0.466. The molecular weight excluding hydrogens is 432 g/mol. The van der Waals surface area contributed by atoms with E-state index in [1.165, 1.54) is 33.5 Å². The van der Waals surface area contributed by atoms with Gasteiger partial charge in [0, 0.05) is 30.1 Å². The fraction of sp³-hybridized carbons (Fsp3) is 0.174. The molecule has 168 valence electrons. The average molecular weight is 457 g/mol. The zero-order valence-electron chi connectivity index (χ0n) is 17.9. The Balaban J connectivity index is 1.74. The Morgan fingerprint density at radius 1 is 0.875 bits per heavy atom. The van der Waals surface area contributed by atoms with Crippen molar-refractivity contribution < 1.29 is 27.4 Å². The molecule has 3 aromatic rings. The molecule has 32 heavy (non-hydrogen) atoms. The molecule has 0 aliphatic carbocycles. The number of aromatic nitrogens is 1. The maximum absolute atomic E-state index is 12.8. The predicted molar refractivity (Wildman–Crippen MR) is 122 cm³/mol. The maximum atomic E-state index is 12.8. The number of ether oxygens (including phenoxy) is 4. The standard InChI is InChI=1S/C23H24N2O6S/c1-28-21-14-19(15-22(29-2)23(21)30-3)32(26,27)25-16-31-20-7-5-4-6-18(20)9-8-17-10-12-24-13-11-17/h4-15,25H,16H2,1-3H3/b9-8+. The molecule has 0 unspecified atom stereocenters. The largest absolute Gasteiger partial charge is 0.493 e. The first-order chi connectivity index (χ1) is 15.5. The number of methoxy groups -OCH3 is 3. The number of pyridine rings is 1. The highest BCUT2D eigenvalue weighted by Gasteiger charge is 2.21. The molecule has 8 nitrogen and oxygen atoms in total. The van der Waals surface area contributed by atoms with Crippen molar-refractivity contribution in [3.05, 3.63) is 72.1 Å². The molecule has 3 rings (SSSR count). The number of hydrogen-bond acceptors (Lipinski definition) is 7. The van der Waals surface area contributed by atoms with Gasteiger partial charge in [0.05, 0.1) is 26.2 Å². The van der Waals surface area contributed by atoms with Crippen molar-refractivity contribution in [1.82, 2.24) is 9.71 Å². The second kappa shape index (κ2) is 10.7. The smallest absolute Gasteiger partial charge is 0.243 e. The summed E-state index contributed by atoms with van der Waals surface area (Å²) in [6, 6.07) is 13.8. The number of sulfonamides is 1. The summed E-state index contributed by atoms with van der Waals surface area (Å²) in [6.07, 6.45) is 7.22. The minimum absolute atomic E-state index is 0.0403. The van der Waals surface area contributed by atoms with E-state index < -0.39 is 10.0 Å². The van der Waals surface area contributed by atoms with Gasteiger partial charge in [-0.3, -0.25) is 4.98 Å². The van der Waals surface area contributed by atoms with Gasteiger partial charge in [-0.25, -0.2) is 8.42 Å². The van der Waals surface area contributed by atoms with Crippen molar-refractivity contribution in [2.75, 3.05) is 28.1 Å². The van der Waals surface area contributed by atoms with E-state index in [9.17, 15) is 8.42 Å². The van der Waals surface area contributed by atoms with Crippen molar-refractivity contribution in [2.45, 2.75) is 4.90 Å². The van der Waals surface area contributed by atoms with E-state index in [0.29, 0.717) is 11.5 Å². The van der Waals surface area contributed by atoms with Crippen LogP contribution in [-0.2, 0) is 10.0 Å². The van der Waals surface area contributed by atoms with Gasteiger partial charge in [0.2, 0.25) is 15.8 Å². The molecule has 0 amide bonds. The molecule has 0 aliphatic heterocycles. The van der Waals surface area contributed by atoms with Crippen LogP contribution in [0.5, 0.6) is 23.0 Å². The van der Waals surface area contributed by atoms with Crippen LogP contribution in [0.2, 0.25) is 0 Å². The van der Waals surface area contributed by atoms with E-state index in [0.717, 1.165) is 11.1 Å². The second-order valence-corrected chi connectivity index (χ2v) is 8.22. The Hall–Kier alpha value is -3.56. The number of benzene rings is 2. The van der Waals surface area contributed by atoms with Gasteiger partial charge < -0.3 is 18.9 Å². The molecule has 1 aromatic heterocycles. The van der Waals surface area contributed by atoms with E-state index in [-0.39, 0.29) is 23.1 Å². The molecule has 0 bridgehead atoms. The minimum Gasteiger partial charge on any atom is -0.493 e. The average Bonchev–Trinajstić information content (AvgIpc) is 2.82. The summed E-state index contributed by atoms with van der Waals surface area (Å²) in [5.74, 6) is 1.31. The third-order valence-corrected chi connectivity index (χ3v) is 5.86. The topological polar surface area (TPSA) is 96.0 Å². The summed E-state index contributed by atoms with van der Waals surface area (Å²) in [5, 5.41) is 0. The van der Waals surface area contributed by atoms with E-state index in [2.05, 4.69) is 9.71 Å². The molecule has 0 aliphatic rings. The van der Waals surface area contributed by atoms with Crippen LogP contribution in [0.3, 0.4) is 0 Å². The predicted octanol–water partition coefficient (Wildman–Crippen LogP) is 3.59. The van der Waals surface area contributed by atoms with E-state index >= 15 is 0 Å². The third-order valence-electron chi connectivity index (χ3n) is 4.51. The maximum Gasteiger partial charge on any atom is 0.243 e. The molecule has 1 N–H and O–H groups in total. The summed E-state index contributed by atoms with van der Waals surface area (Å²) >= 11 is 0. The van der Waals surface area contributed by atoms with Crippen LogP contribution < -0.4 is 23.7 Å². The first-order valence-electron chi connectivity index (χ1n) is 9.58. The zero-order chi connectivity index (χ0) is 23.0. The van der Waals surface area contributed by atoms with Crippen LogP contribution in [0.25, 0.3) is 12.2 Å². The van der Waals surface area contributed by atoms with Gasteiger partial charge in [-0.2, -0.15) is 4.72 Å². The van der Waals surface area contributed by atoms with Crippen LogP contribution in [0.1, 0.15) is 11.1 Å². The van der Waals surface area contributed by atoms with Gasteiger partial charge in [-0.05, 0) is 23.8 Å². The summed E-state index contributed by atoms with van der Waals surface area (Å²) in [7, 11) is 0.376. The van der Waals surface area contributed by atoms with Crippen molar-refractivity contribution in [2.24, 2.45) is 0 Å². The first-order valence-corrected chi connectivity index (χ1v) is 11.1. The van der Waals surface area contributed by atoms with Gasteiger partial charge in [0.25, 0.3) is 0 Å². The summed E-state index contributed by atoms with van der Waals surface area (Å²) < 4.78 is 49.4. The van der Waals surface area contributed by atoms with Gasteiger partial charge >= 0.3 is 0 Å². The number of nitrogens with zero attached hydrogens (tertiary/aromatic N) is 1. The number of para-hydroxylation sites is 1. The van der Waals surface area contributed by atoms with Crippen molar-refractivity contribution in [1.29, 1.82) is 0 Å². The lowest BCUT2D eigenvalue weighted by Gasteiger charge is -2.15. The molecule has 1 heterocycles. The highest BCUT2D eigenvalue weighted by atomic mass is 32.2. The third kappa shape index (κ3) is 5.57. The second-order valence-electron chi connectivity index (χ2n) is 6.45. The van der Waals surface area contributed by atoms with Crippen molar-refractivity contribution >= 4 is 22.2 Å². The lowest BCUT2D eigenvalue weighted by atomic mass is 10.1. The monoisotopic (exact) mass is 456 g/mol. The molecule has 0 saturated carbocycles. The minimum atomic E-state index is -3.90. The molecular formula is C23H24N2O6S.